The summed E-state index contributed by atoms with van der Waals surface area (Å²) in [5.74, 6) is 0.314. The Hall–Kier alpha value is -3.00. The maximum absolute atomic E-state index is 13.1. The Morgan fingerprint density at radius 2 is 2.00 bits per heavy atom. The van der Waals surface area contributed by atoms with Gasteiger partial charge in [-0.3, -0.25) is 4.79 Å². The normalized spacial score (nSPS) is 16.8. The van der Waals surface area contributed by atoms with Crippen molar-refractivity contribution in [2.45, 2.75) is 18.8 Å². The van der Waals surface area contributed by atoms with Crippen LogP contribution >= 0.6 is 11.3 Å². The van der Waals surface area contributed by atoms with E-state index >= 15 is 0 Å². The topological polar surface area (TPSA) is 85.5 Å². The molecule has 28 heavy (non-hydrogen) atoms. The zero-order valence-electron chi connectivity index (χ0n) is 15.3. The van der Waals surface area contributed by atoms with Crippen molar-refractivity contribution in [1.29, 1.82) is 0 Å². The van der Waals surface area contributed by atoms with Crippen LogP contribution in [0, 0.1) is 0 Å². The first-order valence-corrected chi connectivity index (χ1v) is 9.89. The quantitative estimate of drug-likeness (QED) is 0.625. The third-order valence-corrected chi connectivity index (χ3v) is 5.65. The van der Waals surface area contributed by atoms with Crippen molar-refractivity contribution in [2.24, 2.45) is 0 Å². The number of likely N-dealkylation sites (tertiary alicyclic amines) is 1. The van der Waals surface area contributed by atoms with Gasteiger partial charge in [-0.1, -0.05) is 18.2 Å². The molecule has 144 valence electrons. The molecule has 0 bridgehead atoms. The van der Waals surface area contributed by atoms with E-state index in [0.717, 1.165) is 17.7 Å². The van der Waals surface area contributed by atoms with Crippen molar-refractivity contribution in [2.75, 3.05) is 20.2 Å². The standard InChI is InChI=1S/C20H19N3O4S/c1-26-20(25)15-8-3-2-7-14(15)19(24)23-10-4-6-13(12-23)17-21-22-18(27-17)16-9-5-11-28-16/h2-3,5,7-9,11,13H,4,6,10,12H2,1H3/t13-/m0/s1. The van der Waals surface area contributed by atoms with Gasteiger partial charge in [-0.05, 0) is 36.4 Å². The summed E-state index contributed by atoms with van der Waals surface area (Å²) in [4.78, 5) is 27.7. The van der Waals surface area contributed by atoms with E-state index in [1.165, 1.54) is 7.11 Å². The van der Waals surface area contributed by atoms with E-state index in [2.05, 4.69) is 10.2 Å². The van der Waals surface area contributed by atoms with Crippen molar-refractivity contribution in [3.05, 3.63) is 58.8 Å². The molecule has 3 heterocycles. The predicted molar refractivity (Wildman–Crippen MR) is 103 cm³/mol. The number of amides is 1. The van der Waals surface area contributed by atoms with Crippen LogP contribution in [0.5, 0.6) is 0 Å². The Bertz CT molecular complexity index is 983. The second kappa shape index (κ2) is 7.93. The molecular formula is C20H19N3O4S. The molecule has 0 aliphatic carbocycles. The molecule has 0 saturated carbocycles. The lowest BCUT2D eigenvalue weighted by molar-refractivity contribution is 0.0585. The van der Waals surface area contributed by atoms with Gasteiger partial charge in [0.2, 0.25) is 5.89 Å². The summed E-state index contributed by atoms with van der Waals surface area (Å²) in [6.45, 7) is 1.09. The maximum atomic E-state index is 13.1. The summed E-state index contributed by atoms with van der Waals surface area (Å²) in [6.07, 6.45) is 1.70. The fourth-order valence-corrected chi connectivity index (χ4v) is 4.03. The van der Waals surface area contributed by atoms with Crippen LogP contribution in [0.2, 0.25) is 0 Å². The lowest BCUT2D eigenvalue weighted by Crippen LogP contribution is -2.39. The van der Waals surface area contributed by atoms with E-state index < -0.39 is 5.97 Å². The molecule has 7 nitrogen and oxygen atoms in total. The zero-order chi connectivity index (χ0) is 19.5. The number of benzene rings is 1. The van der Waals surface area contributed by atoms with E-state index in [-0.39, 0.29) is 17.4 Å². The number of aromatic nitrogens is 2. The Balaban J connectivity index is 1.53. The number of piperidine rings is 1. The average Bonchev–Trinajstić information content (AvgIpc) is 3.44. The number of thiophene rings is 1. The van der Waals surface area contributed by atoms with E-state index in [0.29, 0.717) is 30.4 Å². The van der Waals surface area contributed by atoms with Crippen LogP contribution in [0.1, 0.15) is 45.4 Å². The van der Waals surface area contributed by atoms with Crippen LogP contribution < -0.4 is 0 Å². The van der Waals surface area contributed by atoms with Gasteiger partial charge in [0.25, 0.3) is 11.8 Å². The molecule has 1 atom stereocenters. The Morgan fingerprint density at radius 1 is 1.18 bits per heavy atom. The predicted octanol–water partition coefficient (Wildman–Crippen LogP) is 3.60. The van der Waals surface area contributed by atoms with Crippen LogP contribution in [0.15, 0.2) is 46.2 Å². The molecule has 2 aromatic heterocycles. The molecule has 0 spiro atoms. The number of carbonyl (C=O) groups is 2. The second-order valence-electron chi connectivity index (χ2n) is 6.55. The smallest absolute Gasteiger partial charge is 0.338 e. The Labute approximate surface area is 165 Å². The van der Waals surface area contributed by atoms with E-state index in [4.69, 9.17) is 9.15 Å². The first kappa shape index (κ1) is 18.4. The monoisotopic (exact) mass is 397 g/mol. The number of ether oxygens (including phenoxy) is 1. The lowest BCUT2D eigenvalue weighted by atomic mass is 9.96. The first-order valence-electron chi connectivity index (χ1n) is 9.01. The van der Waals surface area contributed by atoms with Crippen molar-refractivity contribution >= 4 is 23.2 Å². The van der Waals surface area contributed by atoms with Crippen molar-refractivity contribution in [3.8, 4) is 10.8 Å². The fourth-order valence-electron chi connectivity index (χ4n) is 3.39. The molecule has 3 aromatic rings. The number of methoxy groups -OCH3 is 1. The van der Waals surface area contributed by atoms with E-state index in [9.17, 15) is 9.59 Å². The molecule has 0 N–H and O–H groups in total. The van der Waals surface area contributed by atoms with Gasteiger partial charge in [-0.15, -0.1) is 21.5 Å². The largest absolute Gasteiger partial charge is 0.465 e. The molecule has 4 rings (SSSR count). The molecule has 0 unspecified atom stereocenters. The molecule has 1 fully saturated rings. The van der Waals surface area contributed by atoms with E-state index in [1.54, 1.807) is 40.5 Å². The molecular weight excluding hydrogens is 378 g/mol. The van der Waals surface area contributed by atoms with E-state index in [1.807, 2.05) is 17.5 Å². The molecule has 0 radical (unpaired) electrons. The SMILES string of the molecule is COC(=O)c1ccccc1C(=O)N1CCC[C@H](c2nnc(-c3cccs3)o2)C1. The Kier molecular flexibility index (Phi) is 5.21. The van der Waals surface area contributed by atoms with Crippen LogP contribution in [-0.4, -0.2) is 47.2 Å². The molecule has 8 heteroatoms. The van der Waals surface area contributed by atoms with Gasteiger partial charge in [-0.2, -0.15) is 0 Å². The number of esters is 1. The highest BCUT2D eigenvalue weighted by Crippen LogP contribution is 2.30. The maximum Gasteiger partial charge on any atom is 0.338 e. The average molecular weight is 397 g/mol. The Morgan fingerprint density at radius 3 is 2.75 bits per heavy atom. The molecule has 1 aliphatic rings. The minimum Gasteiger partial charge on any atom is -0.465 e. The zero-order valence-corrected chi connectivity index (χ0v) is 16.1. The third-order valence-electron chi connectivity index (χ3n) is 4.79. The summed E-state index contributed by atoms with van der Waals surface area (Å²) in [7, 11) is 1.31. The minimum atomic E-state index is -0.519. The summed E-state index contributed by atoms with van der Waals surface area (Å²) in [6, 6.07) is 10.6. The highest BCUT2D eigenvalue weighted by atomic mass is 32.1. The summed E-state index contributed by atoms with van der Waals surface area (Å²) in [5, 5.41) is 10.3. The third kappa shape index (κ3) is 3.55. The summed E-state index contributed by atoms with van der Waals surface area (Å²) in [5.41, 5.74) is 0.620. The number of hydrogen-bond donors (Lipinski definition) is 0. The molecule has 1 aromatic carbocycles. The minimum absolute atomic E-state index is 0.0239. The molecule has 1 amide bonds. The van der Waals surface area contributed by atoms with Gasteiger partial charge in [0.05, 0.1) is 29.0 Å². The van der Waals surface area contributed by atoms with Gasteiger partial charge in [0, 0.05) is 13.1 Å². The lowest BCUT2D eigenvalue weighted by Gasteiger charge is -2.31. The van der Waals surface area contributed by atoms with Crippen LogP contribution in [0.4, 0.5) is 0 Å². The van der Waals surface area contributed by atoms with Crippen LogP contribution in [0.3, 0.4) is 0 Å². The van der Waals surface area contributed by atoms with Gasteiger partial charge in [0.15, 0.2) is 0 Å². The molecule has 1 aliphatic heterocycles. The number of nitrogens with zero attached hydrogens (tertiary/aromatic N) is 3. The highest BCUT2D eigenvalue weighted by Gasteiger charge is 2.30. The molecule has 1 saturated heterocycles. The number of hydrogen-bond acceptors (Lipinski definition) is 7. The summed E-state index contributed by atoms with van der Waals surface area (Å²) < 4.78 is 10.7. The van der Waals surface area contributed by atoms with Gasteiger partial charge in [0.1, 0.15) is 0 Å². The van der Waals surface area contributed by atoms with Gasteiger partial charge < -0.3 is 14.1 Å². The van der Waals surface area contributed by atoms with Gasteiger partial charge >= 0.3 is 5.97 Å². The van der Waals surface area contributed by atoms with Crippen molar-refractivity contribution in [1.82, 2.24) is 15.1 Å². The highest BCUT2D eigenvalue weighted by molar-refractivity contribution is 7.13. The number of carbonyl (C=O) groups excluding carboxylic acids is 2. The van der Waals surface area contributed by atoms with Gasteiger partial charge in [-0.25, -0.2) is 4.79 Å². The van der Waals surface area contributed by atoms with Crippen molar-refractivity contribution < 1.29 is 18.7 Å². The fraction of sp³-hybridized carbons (Fsp3) is 0.300. The first-order chi connectivity index (χ1) is 13.7. The number of rotatable bonds is 4. The van der Waals surface area contributed by atoms with Crippen LogP contribution in [0.25, 0.3) is 10.8 Å². The van der Waals surface area contributed by atoms with Crippen LogP contribution in [-0.2, 0) is 4.74 Å². The second-order valence-corrected chi connectivity index (χ2v) is 7.50. The van der Waals surface area contributed by atoms with Crippen molar-refractivity contribution in [3.63, 3.8) is 0 Å². The summed E-state index contributed by atoms with van der Waals surface area (Å²) >= 11 is 1.54.